The van der Waals surface area contributed by atoms with E-state index in [0.29, 0.717) is 59.0 Å². The van der Waals surface area contributed by atoms with E-state index in [1.165, 1.54) is 96.6 Å². The van der Waals surface area contributed by atoms with E-state index in [9.17, 15) is 19.8 Å². The molecular formula is C58H96N4O8. The molecule has 12 rings (SSSR count). The second kappa shape index (κ2) is 20.0. The van der Waals surface area contributed by atoms with Crippen LogP contribution in [-0.4, -0.2) is 169 Å². The van der Waals surface area contributed by atoms with Gasteiger partial charge >= 0.3 is 11.9 Å². The number of aliphatic hydroxyl groups excluding tert-OH is 2. The van der Waals surface area contributed by atoms with Crippen LogP contribution >= 0.6 is 0 Å². The molecule has 0 aromatic heterocycles. The molecular weight excluding hydrogens is 881 g/mol. The summed E-state index contributed by atoms with van der Waals surface area (Å²) in [5.74, 6) is 5.21. The Hall–Kier alpha value is -1.38. The highest BCUT2D eigenvalue weighted by Gasteiger charge is 2.67. The number of carbonyl (C=O) groups excluding carboxylic acids is 2. The second-order valence-corrected chi connectivity index (χ2v) is 27.0. The molecule has 396 valence electrons. The van der Waals surface area contributed by atoms with E-state index in [4.69, 9.17) is 18.9 Å². The van der Waals surface area contributed by atoms with Crippen molar-refractivity contribution < 1.29 is 38.7 Å². The fourth-order valence-corrected chi connectivity index (χ4v) is 20.6. The first kappa shape index (κ1) is 50.8. The smallest absolute Gasteiger partial charge is 0.302 e. The van der Waals surface area contributed by atoms with Crippen LogP contribution in [0.25, 0.3) is 0 Å². The molecule has 20 atom stereocenters. The Morgan fingerprint density at radius 1 is 0.486 bits per heavy atom. The fourth-order valence-electron chi connectivity index (χ4n) is 20.6. The van der Waals surface area contributed by atoms with Gasteiger partial charge in [-0.15, -0.1) is 0 Å². The third-order valence-corrected chi connectivity index (χ3v) is 24.1. The molecule has 0 aromatic rings. The van der Waals surface area contributed by atoms with Crippen LogP contribution in [0.2, 0.25) is 0 Å². The topological polar surface area (TPSA) is 124 Å². The minimum atomic E-state index is -0.176. The van der Waals surface area contributed by atoms with Crippen molar-refractivity contribution in [3.05, 3.63) is 0 Å². The average Bonchev–Trinajstić information content (AvgIpc) is 4.17. The molecule has 0 amide bonds. The summed E-state index contributed by atoms with van der Waals surface area (Å²) in [6.07, 6.45) is 21.4. The molecule has 0 aromatic carbocycles. The van der Waals surface area contributed by atoms with Crippen LogP contribution in [-0.2, 0) is 28.5 Å². The number of likely N-dealkylation sites (tertiary alicyclic amines) is 2. The number of fused-ring (bicyclic) bond motifs is 10. The van der Waals surface area contributed by atoms with Crippen molar-refractivity contribution >= 4 is 11.9 Å². The summed E-state index contributed by atoms with van der Waals surface area (Å²) in [5, 5.41) is 22.7. The zero-order valence-corrected chi connectivity index (χ0v) is 44.6. The van der Waals surface area contributed by atoms with Gasteiger partial charge in [0.25, 0.3) is 0 Å². The minimum Gasteiger partial charge on any atom is -0.461 e. The lowest BCUT2D eigenvalue weighted by atomic mass is 9.44. The van der Waals surface area contributed by atoms with Gasteiger partial charge < -0.3 is 29.2 Å². The molecule has 0 spiro atoms. The van der Waals surface area contributed by atoms with Crippen molar-refractivity contribution in [3.8, 4) is 0 Å². The molecule has 4 saturated heterocycles. The normalized spacial score (nSPS) is 50.9. The Morgan fingerprint density at radius 2 is 0.943 bits per heavy atom. The van der Waals surface area contributed by atoms with Gasteiger partial charge in [0.05, 0.1) is 38.6 Å². The molecule has 8 aliphatic carbocycles. The number of morpholine rings is 2. The summed E-state index contributed by atoms with van der Waals surface area (Å²) in [6.45, 7) is 24.9. The van der Waals surface area contributed by atoms with Gasteiger partial charge in [-0.25, -0.2) is 0 Å². The van der Waals surface area contributed by atoms with Crippen LogP contribution in [0.15, 0.2) is 0 Å². The Kier molecular flexibility index (Phi) is 14.5. The predicted molar refractivity (Wildman–Crippen MR) is 270 cm³/mol. The Bertz CT molecular complexity index is 1850. The Labute approximate surface area is 422 Å². The van der Waals surface area contributed by atoms with Crippen LogP contribution in [0.5, 0.6) is 0 Å². The van der Waals surface area contributed by atoms with Crippen molar-refractivity contribution in [2.75, 3.05) is 78.8 Å². The molecule has 0 bridgehead atoms. The highest BCUT2D eigenvalue weighted by molar-refractivity contribution is 5.66. The molecule has 4 aliphatic heterocycles. The summed E-state index contributed by atoms with van der Waals surface area (Å²) in [5.41, 5.74) is 0.771. The summed E-state index contributed by atoms with van der Waals surface area (Å²) in [7, 11) is 0. The molecule has 0 radical (unpaired) electrons. The van der Waals surface area contributed by atoms with Gasteiger partial charge in [-0.2, -0.15) is 0 Å². The molecule has 12 fully saturated rings. The lowest BCUT2D eigenvalue weighted by Crippen LogP contribution is -2.61. The first-order chi connectivity index (χ1) is 33.6. The van der Waals surface area contributed by atoms with E-state index >= 15 is 0 Å². The summed E-state index contributed by atoms with van der Waals surface area (Å²) < 4.78 is 23.5. The van der Waals surface area contributed by atoms with E-state index in [0.717, 1.165) is 110 Å². The third kappa shape index (κ3) is 8.79. The summed E-state index contributed by atoms with van der Waals surface area (Å²) >= 11 is 0. The molecule has 12 heteroatoms. The monoisotopic (exact) mass is 977 g/mol. The van der Waals surface area contributed by atoms with E-state index in [2.05, 4.69) is 47.3 Å². The Balaban J connectivity index is 0.000000154. The van der Waals surface area contributed by atoms with E-state index in [-0.39, 0.29) is 58.6 Å². The van der Waals surface area contributed by atoms with Gasteiger partial charge in [0.2, 0.25) is 0 Å². The zero-order chi connectivity index (χ0) is 48.7. The first-order valence-electron chi connectivity index (χ1n) is 29.4. The highest BCUT2D eigenvalue weighted by atomic mass is 16.5. The van der Waals surface area contributed by atoms with Crippen molar-refractivity contribution in [1.29, 1.82) is 0 Å². The molecule has 70 heavy (non-hydrogen) atoms. The fraction of sp³-hybridized carbons (Fsp3) is 0.966. The number of carbonyl (C=O) groups is 2. The van der Waals surface area contributed by atoms with Crippen LogP contribution < -0.4 is 0 Å². The van der Waals surface area contributed by atoms with Gasteiger partial charge in [-0.1, -0.05) is 27.7 Å². The third-order valence-electron chi connectivity index (χ3n) is 24.1. The van der Waals surface area contributed by atoms with Crippen LogP contribution in [0.3, 0.4) is 0 Å². The Morgan fingerprint density at radius 3 is 1.50 bits per heavy atom. The first-order valence-corrected chi connectivity index (χ1v) is 29.4. The van der Waals surface area contributed by atoms with Gasteiger partial charge in [0.15, 0.2) is 0 Å². The van der Waals surface area contributed by atoms with Crippen LogP contribution in [0.1, 0.15) is 157 Å². The molecule has 8 unspecified atom stereocenters. The standard InChI is InChI=1S/C31H50N2O5.C27H46N2O3/c1-20(34)37-28-17-22-7-8-23-24(31(22,4)19-27(28)33-13-15-36-16-14-33)9-10-30(3)25(23)18-26(29(30)38-21(2)35)32-11-5-6-12-32;1-26-8-7-20-19(21(26)16-22(25(26)31)28-9-3-4-10-28)6-5-18-15-24(30)23(17-27(18,20)2)29-11-13-32-14-12-29/h22-29H,5-19H2,1-4H3;18-25,30-31H,3-17H2,1-2H3/t22?,23?,24?,25?,26-,27+,28+,29+,30+,31+;18?,19?,20?,21?,22-,23+,24+,25+,26+,27+/m11/s1. The molecule has 2 N–H and O–H groups in total. The van der Waals surface area contributed by atoms with Gasteiger partial charge in [0.1, 0.15) is 12.2 Å². The summed E-state index contributed by atoms with van der Waals surface area (Å²) in [6, 6.07) is 1.36. The minimum absolute atomic E-state index is 0.00606. The van der Waals surface area contributed by atoms with Crippen LogP contribution in [0, 0.1) is 69.0 Å². The number of hydrogen-bond acceptors (Lipinski definition) is 12. The number of nitrogens with zero attached hydrogens (tertiary/aromatic N) is 4. The highest BCUT2D eigenvalue weighted by Crippen LogP contribution is 2.69. The van der Waals surface area contributed by atoms with Crippen molar-refractivity contribution in [1.82, 2.24) is 19.6 Å². The maximum absolute atomic E-state index is 12.3. The lowest BCUT2D eigenvalue weighted by molar-refractivity contribution is -0.182. The predicted octanol–water partition coefficient (Wildman–Crippen LogP) is 7.41. The number of rotatable bonds is 6. The molecule has 12 nitrogen and oxygen atoms in total. The van der Waals surface area contributed by atoms with Crippen LogP contribution in [0.4, 0.5) is 0 Å². The van der Waals surface area contributed by atoms with Crippen molar-refractivity contribution in [3.63, 3.8) is 0 Å². The number of esters is 2. The number of ether oxygens (including phenoxy) is 4. The van der Waals surface area contributed by atoms with Gasteiger partial charge in [-0.05, 0) is 205 Å². The molecule has 4 heterocycles. The molecule has 8 saturated carbocycles. The van der Waals surface area contributed by atoms with E-state index < -0.39 is 0 Å². The maximum atomic E-state index is 12.3. The second-order valence-electron chi connectivity index (χ2n) is 27.0. The van der Waals surface area contributed by atoms with E-state index in [1.807, 2.05) is 0 Å². The average molecular weight is 977 g/mol. The number of hydrogen-bond donors (Lipinski definition) is 2. The zero-order valence-electron chi connectivity index (χ0n) is 44.6. The largest absolute Gasteiger partial charge is 0.461 e. The lowest BCUT2D eigenvalue weighted by Gasteiger charge is -2.62. The van der Waals surface area contributed by atoms with Crippen molar-refractivity contribution in [2.24, 2.45) is 69.0 Å². The SMILES string of the molecule is CC(=O)O[C@H]1CC2CCC3C(CC[C@@]4(C)C3C[C@@H](N3CCCC3)[C@@H]4OC(C)=O)[C@@]2(C)C[C@@H]1N1CCOCC1.C[C@]12C[C@H](N3CCOCC3)[C@@H](O)CC1CCC1C2CC[C@@]2(C)C1C[C@@H](N1CCCC1)[C@@H]2O. The summed E-state index contributed by atoms with van der Waals surface area (Å²) in [4.78, 5) is 34.8. The van der Waals surface area contributed by atoms with Crippen molar-refractivity contribution in [2.45, 2.75) is 206 Å². The van der Waals surface area contributed by atoms with Gasteiger partial charge in [-0.3, -0.25) is 29.2 Å². The quantitative estimate of drug-likeness (QED) is 0.258. The van der Waals surface area contributed by atoms with Gasteiger partial charge in [0, 0.05) is 69.6 Å². The van der Waals surface area contributed by atoms with E-state index in [1.54, 1.807) is 13.8 Å². The number of aliphatic hydroxyl groups is 2. The molecule has 12 aliphatic rings. The maximum Gasteiger partial charge on any atom is 0.302 e.